The van der Waals surface area contributed by atoms with Crippen molar-refractivity contribution in [1.29, 1.82) is 0 Å². The molecule has 0 atom stereocenters. The largest absolute Gasteiger partial charge is 0.483 e. The van der Waals surface area contributed by atoms with Crippen LogP contribution in [0.25, 0.3) is 0 Å². The SMILES string of the molecule is F.O=C(F)C(F)(F)F. The quantitative estimate of drug-likeness (QED) is 0.361. The van der Waals surface area contributed by atoms with Crippen molar-refractivity contribution < 1.29 is 27.1 Å². The summed E-state index contributed by atoms with van der Waals surface area (Å²) in [6, 6.07) is -3.26. The molecule has 0 rings (SSSR count). The van der Waals surface area contributed by atoms with Crippen molar-refractivity contribution in [3.05, 3.63) is 0 Å². The van der Waals surface area contributed by atoms with Gasteiger partial charge in [-0.1, -0.05) is 0 Å². The van der Waals surface area contributed by atoms with Crippen molar-refractivity contribution in [2.45, 2.75) is 6.18 Å². The van der Waals surface area contributed by atoms with E-state index in [9.17, 15) is 17.6 Å². The Kier molecular flexibility index (Phi) is 3.34. The van der Waals surface area contributed by atoms with Crippen molar-refractivity contribution in [2.75, 3.05) is 0 Å². The Morgan fingerprint density at radius 1 is 1.25 bits per heavy atom. The fourth-order valence-corrected chi connectivity index (χ4v) is 0. The molecule has 0 aliphatic carbocycles. The first-order valence-corrected chi connectivity index (χ1v) is 1.21. The van der Waals surface area contributed by atoms with Gasteiger partial charge in [-0.15, -0.1) is 0 Å². The predicted octanol–water partition coefficient (Wildman–Crippen LogP) is 1.20. The molecule has 6 heteroatoms. The van der Waals surface area contributed by atoms with Crippen molar-refractivity contribution in [3.8, 4) is 0 Å². The Morgan fingerprint density at radius 3 is 1.38 bits per heavy atom. The van der Waals surface area contributed by atoms with E-state index in [2.05, 4.69) is 0 Å². The molecule has 0 saturated carbocycles. The van der Waals surface area contributed by atoms with Gasteiger partial charge in [0.2, 0.25) is 0 Å². The molecule has 0 saturated heterocycles. The maximum absolute atomic E-state index is 10.5. The highest BCUT2D eigenvalue weighted by atomic mass is 19.4. The zero-order valence-electron chi connectivity index (χ0n) is 3.33. The third kappa shape index (κ3) is 3.51. The summed E-state index contributed by atoms with van der Waals surface area (Å²) in [4.78, 5) is 8.67. The summed E-state index contributed by atoms with van der Waals surface area (Å²) in [7, 11) is 0. The standard InChI is InChI=1S/C2F4O.FH/c3-1(7)2(4,5)6;/h;1H. The van der Waals surface area contributed by atoms with Crippen LogP contribution < -0.4 is 0 Å². The lowest BCUT2D eigenvalue weighted by Crippen LogP contribution is -2.16. The molecular formula is C2HF5O. The molecule has 0 aromatic carbocycles. The van der Waals surface area contributed by atoms with Crippen molar-refractivity contribution in [2.24, 2.45) is 0 Å². The number of rotatable bonds is 0. The summed E-state index contributed by atoms with van der Waals surface area (Å²) in [6.07, 6.45) is -5.31. The van der Waals surface area contributed by atoms with Crippen LogP contribution in [0.4, 0.5) is 22.3 Å². The van der Waals surface area contributed by atoms with Gasteiger partial charge in [0.05, 0.1) is 0 Å². The summed E-state index contributed by atoms with van der Waals surface area (Å²) >= 11 is 0. The summed E-state index contributed by atoms with van der Waals surface area (Å²) in [5.41, 5.74) is 0. The Morgan fingerprint density at radius 2 is 1.38 bits per heavy atom. The maximum atomic E-state index is 10.5. The number of hydrogen-bond donors (Lipinski definition) is 0. The van der Waals surface area contributed by atoms with Crippen LogP contribution in [0, 0.1) is 0 Å². The molecule has 50 valence electrons. The van der Waals surface area contributed by atoms with Crippen LogP contribution in [0.5, 0.6) is 0 Å². The molecule has 0 radical (unpaired) electrons. The molecule has 0 N–H and O–H groups in total. The zero-order valence-corrected chi connectivity index (χ0v) is 3.33. The Hall–Kier alpha value is -0.680. The number of alkyl halides is 3. The molecule has 8 heavy (non-hydrogen) atoms. The van der Waals surface area contributed by atoms with Gasteiger partial charge in [0, 0.05) is 0 Å². The Labute approximate surface area is 40.7 Å². The number of carbonyl (C=O) groups excluding carboxylic acids is 1. The topological polar surface area (TPSA) is 17.1 Å². The highest BCUT2D eigenvalue weighted by molar-refractivity contribution is 5.74. The molecule has 0 aromatic heterocycles. The third-order valence-electron chi connectivity index (χ3n) is 0.223. The second-order valence-electron chi connectivity index (χ2n) is 0.771. The molecule has 0 bridgehead atoms. The van der Waals surface area contributed by atoms with Gasteiger partial charge in [0.1, 0.15) is 0 Å². The van der Waals surface area contributed by atoms with Crippen LogP contribution >= 0.6 is 0 Å². The lowest BCUT2D eigenvalue weighted by molar-refractivity contribution is -0.183. The van der Waals surface area contributed by atoms with E-state index in [1.807, 2.05) is 0 Å². The number of hydrogen-bond acceptors (Lipinski definition) is 1. The third-order valence-corrected chi connectivity index (χ3v) is 0.223. The molecule has 0 amide bonds. The van der Waals surface area contributed by atoms with Gasteiger partial charge in [0.15, 0.2) is 0 Å². The molecule has 0 unspecified atom stereocenters. The molecular weight excluding hydrogens is 135 g/mol. The minimum absolute atomic E-state index is 0. The highest BCUT2D eigenvalue weighted by Crippen LogP contribution is 2.15. The van der Waals surface area contributed by atoms with Crippen LogP contribution in [0.1, 0.15) is 0 Å². The molecule has 0 heterocycles. The molecule has 0 aromatic rings. The monoisotopic (exact) mass is 136 g/mol. The second-order valence-corrected chi connectivity index (χ2v) is 0.771. The molecule has 0 fully saturated rings. The average molecular weight is 136 g/mol. The molecule has 0 spiro atoms. The summed E-state index contributed by atoms with van der Waals surface area (Å²) in [5.74, 6) is 0. The Bertz CT molecular complexity index is 82.9. The van der Waals surface area contributed by atoms with Crippen molar-refractivity contribution >= 4 is 6.04 Å². The first kappa shape index (κ1) is 10.3. The first-order chi connectivity index (χ1) is 2.94. The van der Waals surface area contributed by atoms with E-state index in [0.29, 0.717) is 0 Å². The fraction of sp³-hybridized carbons (Fsp3) is 0.500. The van der Waals surface area contributed by atoms with E-state index >= 15 is 0 Å². The average Bonchev–Trinajstić information content (AvgIpc) is 1.31. The van der Waals surface area contributed by atoms with Gasteiger partial charge in [-0.3, -0.25) is 9.50 Å². The van der Waals surface area contributed by atoms with Gasteiger partial charge in [0.25, 0.3) is 0 Å². The van der Waals surface area contributed by atoms with E-state index in [1.165, 1.54) is 0 Å². The molecule has 0 aliphatic rings. The van der Waals surface area contributed by atoms with Crippen LogP contribution in [0.3, 0.4) is 0 Å². The van der Waals surface area contributed by atoms with Crippen LogP contribution in [-0.4, -0.2) is 12.2 Å². The number of carbonyl (C=O) groups is 1. The first-order valence-electron chi connectivity index (χ1n) is 1.21. The van der Waals surface area contributed by atoms with E-state index in [4.69, 9.17) is 4.79 Å². The highest BCUT2D eigenvalue weighted by Gasteiger charge is 2.38. The van der Waals surface area contributed by atoms with E-state index in [-0.39, 0.29) is 4.70 Å². The summed E-state index contributed by atoms with van der Waals surface area (Å²) in [6.45, 7) is 0. The molecule has 1 nitrogen and oxygen atoms in total. The molecule has 0 aliphatic heterocycles. The van der Waals surface area contributed by atoms with E-state index in [0.717, 1.165) is 0 Å². The Balaban J connectivity index is 0. The van der Waals surface area contributed by atoms with Gasteiger partial charge in [-0.25, -0.2) is 0 Å². The fourth-order valence-electron chi connectivity index (χ4n) is 0. The zero-order chi connectivity index (χ0) is 6.08. The number of halogens is 5. The van der Waals surface area contributed by atoms with Gasteiger partial charge >= 0.3 is 12.2 Å². The maximum Gasteiger partial charge on any atom is 0.483 e. The lowest BCUT2D eigenvalue weighted by Gasteiger charge is -1.91. The van der Waals surface area contributed by atoms with Crippen molar-refractivity contribution in [1.82, 2.24) is 0 Å². The summed E-state index contributed by atoms with van der Waals surface area (Å²) in [5, 5.41) is 0. The van der Waals surface area contributed by atoms with Crippen LogP contribution in [0.2, 0.25) is 0 Å². The second kappa shape index (κ2) is 2.58. The predicted molar refractivity (Wildman–Crippen MR) is 14.7 cm³/mol. The van der Waals surface area contributed by atoms with Crippen molar-refractivity contribution in [3.63, 3.8) is 0 Å². The van der Waals surface area contributed by atoms with Gasteiger partial charge < -0.3 is 0 Å². The van der Waals surface area contributed by atoms with Crippen LogP contribution in [0.15, 0.2) is 0 Å². The lowest BCUT2D eigenvalue weighted by atomic mass is 10.7. The van der Waals surface area contributed by atoms with Crippen LogP contribution in [-0.2, 0) is 4.79 Å². The smallest absolute Gasteiger partial charge is 0.269 e. The van der Waals surface area contributed by atoms with E-state index in [1.54, 1.807) is 0 Å². The van der Waals surface area contributed by atoms with Gasteiger partial charge in [-0.05, 0) is 0 Å². The normalized spacial score (nSPS) is 10.0. The minimum Gasteiger partial charge on any atom is -0.269 e. The minimum atomic E-state index is -5.31. The van der Waals surface area contributed by atoms with E-state index < -0.39 is 12.2 Å². The van der Waals surface area contributed by atoms with Gasteiger partial charge in [-0.2, -0.15) is 17.6 Å². The summed E-state index contributed by atoms with van der Waals surface area (Å²) < 4.78 is 41.8.